The molecule has 8 heteroatoms. The van der Waals surface area contributed by atoms with E-state index in [-0.39, 0.29) is 0 Å². The number of carbonyl (C=O) groups excluding carboxylic acids is 1. The van der Waals surface area contributed by atoms with E-state index in [1.165, 1.54) is 22.6 Å². The van der Waals surface area contributed by atoms with E-state index in [4.69, 9.17) is 14.6 Å². The number of aryl methyl sites for hydroxylation is 2. The van der Waals surface area contributed by atoms with Crippen molar-refractivity contribution in [2.24, 2.45) is 17.3 Å². The van der Waals surface area contributed by atoms with Crippen molar-refractivity contribution in [3.05, 3.63) is 65.9 Å². The van der Waals surface area contributed by atoms with Gasteiger partial charge in [0.1, 0.15) is 11.9 Å². The minimum absolute atomic E-state index is 0.801. The summed E-state index contributed by atoms with van der Waals surface area (Å²) >= 11 is 1.47. The fraction of sp³-hybridized carbons (Fsp3) is 0.304. The van der Waals surface area contributed by atoms with E-state index in [1.807, 2.05) is 29.9 Å². The fourth-order valence-electron chi connectivity index (χ4n) is 2.82. The largest absolute Gasteiger partial charge is 0.550 e. The van der Waals surface area contributed by atoms with Gasteiger partial charge in [-0.05, 0) is 66.5 Å². The summed E-state index contributed by atoms with van der Waals surface area (Å²) in [4.78, 5) is 11.2. The van der Waals surface area contributed by atoms with Crippen LogP contribution in [0.2, 0.25) is 0 Å². The van der Waals surface area contributed by atoms with Crippen LogP contribution in [0, 0.1) is 6.92 Å². The SMILES string of the molecule is CC(=O)[O-].CCN(Cc1ccccc1)c1ccc(/N=N/c2sc(OC)c[n+]2C)c(C)c1. The van der Waals surface area contributed by atoms with Crippen molar-refractivity contribution in [2.75, 3.05) is 18.6 Å². The van der Waals surface area contributed by atoms with Crippen molar-refractivity contribution in [1.29, 1.82) is 0 Å². The Morgan fingerprint density at radius 2 is 1.87 bits per heavy atom. The zero-order valence-corrected chi connectivity index (χ0v) is 19.3. The Morgan fingerprint density at radius 1 is 1.19 bits per heavy atom. The average Bonchev–Trinajstić information content (AvgIpc) is 3.11. The Bertz CT molecular complexity index is 1010. The minimum Gasteiger partial charge on any atom is -0.550 e. The summed E-state index contributed by atoms with van der Waals surface area (Å²) in [6.45, 7) is 7.06. The van der Waals surface area contributed by atoms with Gasteiger partial charge in [0.15, 0.2) is 0 Å². The molecule has 0 fully saturated rings. The molecular formula is C23H28N4O3S. The third kappa shape index (κ3) is 7.49. The van der Waals surface area contributed by atoms with E-state index in [9.17, 15) is 0 Å². The van der Waals surface area contributed by atoms with Crippen LogP contribution >= 0.6 is 11.3 Å². The van der Waals surface area contributed by atoms with Crippen molar-refractivity contribution in [1.82, 2.24) is 0 Å². The number of carbonyl (C=O) groups is 1. The summed E-state index contributed by atoms with van der Waals surface area (Å²) < 4.78 is 7.16. The van der Waals surface area contributed by atoms with Gasteiger partial charge >= 0.3 is 5.13 Å². The molecule has 0 bridgehead atoms. The second-order valence-electron chi connectivity index (χ2n) is 6.81. The molecule has 0 saturated carbocycles. The molecule has 1 heterocycles. The summed E-state index contributed by atoms with van der Waals surface area (Å²) in [6.07, 6.45) is 1.90. The van der Waals surface area contributed by atoms with Gasteiger partial charge in [-0.15, -0.1) is 0 Å². The average molecular weight is 441 g/mol. The van der Waals surface area contributed by atoms with Gasteiger partial charge in [-0.25, -0.2) is 4.57 Å². The minimum atomic E-state index is -1.08. The molecule has 0 radical (unpaired) electrons. The summed E-state index contributed by atoms with van der Waals surface area (Å²) in [5.74, 6) is -1.08. The van der Waals surface area contributed by atoms with Crippen LogP contribution < -0.4 is 19.3 Å². The summed E-state index contributed by atoms with van der Waals surface area (Å²) in [6, 6.07) is 16.9. The molecule has 0 N–H and O–H groups in total. The highest BCUT2D eigenvalue weighted by molar-refractivity contribution is 7.16. The lowest BCUT2D eigenvalue weighted by molar-refractivity contribution is -0.654. The Kier molecular flexibility index (Phi) is 9.14. The van der Waals surface area contributed by atoms with Gasteiger partial charge in [0.05, 0.1) is 19.3 Å². The second-order valence-corrected chi connectivity index (χ2v) is 7.78. The number of carboxylic acid groups (broad SMARTS) is 1. The molecule has 0 amide bonds. The van der Waals surface area contributed by atoms with Crippen LogP contribution in [0.15, 0.2) is 65.0 Å². The van der Waals surface area contributed by atoms with Gasteiger partial charge in [0.2, 0.25) is 5.06 Å². The standard InChI is InChI=1S/C21H25N4OS.C2H4O2/c1-5-25(14-17-9-7-6-8-10-17)18-11-12-19(16(2)13-18)22-23-21-24(3)15-20(26-4)27-21;1-2(3)4/h6-13,15H,5,14H2,1-4H3;1H3,(H,3,4)/q+1;/p-1. The topological polar surface area (TPSA) is 81.2 Å². The lowest BCUT2D eigenvalue weighted by Crippen LogP contribution is -2.23. The predicted octanol–water partition coefficient (Wildman–Crippen LogP) is 4.09. The molecule has 7 nitrogen and oxygen atoms in total. The first kappa shape index (κ1) is 24.0. The van der Waals surface area contributed by atoms with E-state index in [2.05, 4.69) is 65.4 Å². The molecule has 3 aromatic rings. The summed E-state index contributed by atoms with van der Waals surface area (Å²) in [7, 11) is 3.59. The van der Waals surface area contributed by atoms with Gasteiger partial charge in [-0.3, -0.25) is 0 Å². The number of aliphatic carboxylic acids is 1. The molecule has 0 spiro atoms. The molecule has 0 saturated heterocycles. The van der Waals surface area contributed by atoms with Crippen molar-refractivity contribution in [3.63, 3.8) is 0 Å². The predicted molar refractivity (Wildman–Crippen MR) is 121 cm³/mol. The van der Waals surface area contributed by atoms with Crippen molar-refractivity contribution >= 4 is 33.8 Å². The Labute approximate surface area is 187 Å². The number of hydrogen-bond acceptors (Lipinski definition) is 7. The van der Waals surface area contributed by atoms with E-state index in [1.54, 1.807) is 7.11 Å². The number of azo groups is 1. The molecule has 3 rings (SSSR count). The van der Waals surface area contributed by atoms with E-state index in [0.29, 0.717) is 0 Å². The molecule has 0 aliphatic heterocycles. The first-order valence-electron chi connectivity index (χ1n) is 9.86. The zero-order chi connectivity index (χ0) is 22.8. The van der Waals surface area contributed by atoms with Crippen molar-refractivity contribution < 1.29 is 19.2 Å². The lowest BCUT2D eigenvalue weighted by atomic mass is 10.1. The van der Waals surface area contributed by atoms with E-state index < -0.39 is 5.97 Å². The number of benzene rings is 2. The highest BCUT2D eigenvalue weighted by atomic mass is 32.1. The molecule has 1 aromatic heterocycles. The summed E-state index contributed by atoms with van der Waals surface area (Å²) in [5.41, 5.74) is 4.48. The number of rotatable bonds is 7. The first-order chi connectivity index (χ1) is 14.8. The normalized spacial score (nSPS) is 10.5. The van der Waals surface area contributed by atoms with Crippen LogP contribution in [0.1, 0.15) is 25.0 Å². The monoisotopic (exact) mass is 440 g/mol. The molecule has 2 aromatic carbocycles. The van der Waals surface area contributed by atoms with Crippen LogP contribution in [0.5, 0.6) is 5.06 Å². The molecule has 0 aliphatic rings. The highest BCUT2D eigenvalue weighted by Crippen LogP contribution is 2.30. The molecule has 0 unspecified atom stereocenters. The molecule has 0 atom stereocenters. The third-order valence-electron chi connectivity index (χ3n) is 4.38. The number of thiazole rings is 1. The number of methoxy groups -OCH3 is 1. The van der Waals surface area contributed by atoms with Crippen LogP contribution in [-0.2, 0) is 18.4 Å². The van der Waals surface area contributed by atoms with Crippen LogP contribution in [0.25, 0.3) is 0 Å². The second kappa shape index (κ2) is 11.8. The molecule has 0 aliphatic carbocycles. The van der Waals surface area contributed by atoms with E-state index in [0.717, 1.165) is 41.5 Å². The van der Waals surface area contributed by atoms with Crippen molar-refractivity contribution in [2.45, 2.75) is 27.3 Å². The smallest absolute Gasteiger partial charge is 0.411 e. The maximum absolute atomic E-state index is 8.89. The third-order valence-corrected chi connectivity index (χ3v) is 5.41. The van der Waals surface area contributed by atoms with Gasteiger partial charge in [-0.2, -0.15) is 0 Å². The Balaban J connectivity index is 0.000000785. The number of aromatic nitrogens is 1. The van der Waals surface area contributed by atoms with E-state index >= 15 is 0 Å². The number of hydrogen-bond donors (Lipinski definition) is 0. The number of anilines is 1. The summed E-state index contributed by atoms with van der Waals surface area (Å²) in [5, 5.41) is 19.3. The van der Waals surface area contributed by atoms with Gasteiger partial charge in [0, 0.05) is 24.7 Å². The van der Waals surface area contributed by atoms with Crippen molar-refractivity contribution in [3.8, 4) is 5.06 Å². The van der Waals surface area contributed by atoms with Crippen LogP contribution in [0.3, 0.4) is 0 Å². The number of carboxylic acids is 1. The van der Waals surface area contributed by atoms with Gasteiger partial charge in [-0.1, -0.05) is 30.3 Å². The molecule has 31 heavy (non-hydrogen) atoms. The van der Waals surface area contributed by atoms with Crippen LogP contribution in [0.4, 0.5) is 16.5 Å². The Morgan fingerprint density at radius 3 is 2.42 bits per heavy atom. The highest BCUT2D eigenvalue weighted by Gasteiger charge is 2.14. The molecular weight excluding hydrogens is 412 g/mol. The zero-order valence-electron chi connectivity index (χ0n) is 18.5. The lowest BCUT2D eigenvalue weighted by Gasteiger charge is -2.23. The number of nitrogens with zero attached hydrogens (tertiary/aromatic N) is 4. The maximum Gasteiger partial charge on any atom is 0.411 e. The Hall–Kier alpha value is -3.26. The molecule has 164 valence electrons. The quantitative estimate of drug-likeness (QED) is 0.409. The van der Waals surface area contributed by atoms with Gasteiger partial charge < -0.3 is 19.5 Å². The van der Waals surface area contributed by atoms with Crippen LogP contribution in [-0.4, -0.2) is 19.6 Å². The maximum atomic E-state index is 8.89. The number of ether oxygens (including phenoxy) is 1. The van der Waals surface area contributed by atoms with Gasteiger partial charge in [0.25, 0.3) is 0 Å². The first-order valence-corrected chi connectivity index (χ1v) is 10.7. The fourth-order valence-corrected chi connectivity index (χ4v) is 3.57.